The lowest BCUT2D eigenvalue weighted by Crippen LogP contribution is -2.48. The second kappa shape index (κ2) is 11.0. The standard InChI is InChI=1S/C21H31N7O2/c1-5-22-20(24-14-18(29)27-21(2,3)4)23-13-16-8-6-9-17(12-16)26-19(30)15-28-11-7-10-25-28/h6-12H,5,13-15H2,1-4H3,(H,26,30)(H,27,29)(H2,22,23,24). The molecule has 0 unspecified atom stereocenters. The Balaban J connectivity index is 1.92. The highest BCUT2D eigenvalue weighted by molar-refractivity contribution is 5.90. The highest BCUT2D eigenvalue weighted by Gasteiger charge is 2.13. The summed E-state index contributed by atoms with van der Waals surface area (Å²) >= 11 is 0. The molecule has 30 heavy (non-hydrogen) atoms. The van der Waals surface area contributed by atoms with Gasteiger partial charge in [-0.1, -0.05) is 12.1 Å². The van der Waals surface area contributed by atoms with E-state index in [1.807, 2.05) is 52.0 Å². The molecule has 4 N–H and O–H groups in total. The Kier molecular flexibility index (Phi) is 8.40. The van der Waals surface area contributed by atoms with Gasteiger partial charge in [-0.3, -0.25) is 14.3 Å². The van der Waals surface area contributed by atoms with Crippen LogP contribution < -0.4 is 21.3 Å². The molecule has 162 valence electrons. The Labute approximate surface area is 177 Å². The van der Waals surface area contributed by atoms with Gasteiger partial charge in [-0.25, -0.2) is 4.99 Å². The van der Waals surface area contributed by atoms with E-state index in [-0.39, 0.29) is 30.4 Å². The molecule has 0 aliphatic carbocycles. The summed E-state index contributed by atoms with van der Waals surface area (Å²) in [5, 5.41) is 15.9. The van der Waals surface area contributed by atoms with Crippen LogP contribution in [0.5, 0.6) is 0 Å². The molecule has 0 fully saturated rings. The van der Waals surface area contributed by atoms with Gasteiger partial charge < -0.3 is 21.3 Å². The maximum Gasteiger partial charge on any atom is 0.246 e. The third-order valence-electron chi connectivity index (χ3n) is 3.77. The Bertz CT molecular complexity index is 854. The van der Waals surface area contributed by atoms with Crippen LogP contribution in [0.25, 0.3) is 0 Å². The molecule has 9 heteroatoms. The van der Waals surface area contributed by atoms with Crippen LogP contribution in [0.15, 0.2) is 47.7 Å². The van der Waals surface area contributed by atoms with Gasteiger partial charge in [-0.05, 0) is 51.5 Å². The van der Waals surface area contributed by atoms with Gasteiger partial charge in [0.05, 0.1) is 13.1 Å². The van der Waals surface area contributed by atoms with Gasteiger partial charge in [-0.2, -0.15) is 5.10 Å². The lowest BCUT2D eigenvalue weighted by Gasteiger charge is -2.21. The quantitative estimate of drug-likeness (QED) is 0.387. The molecule has 0 spiro atoms. The van der Waals surface area contributed by atoms with Gasteiger partial charge in [0, 0.05) is 30.2 Å². The zero-order valence-electron chi connectivity index (χ0n) is 18.0. The van der Waals surface area contributed by atoms with E-state index < -0.39 is 0 Å². The lowest BCUT2D eigenvalue weighted by atomic mass is 10.1. The molecule has 0 radical (unpaired) electrons. The van der Waals surface area contributed by atoms with Crippen molar-refractivity contribution in [2.24, 2.45) is 4.99 Å². The topological polar surface area (TPSA) is 112 Å². The van der Waals surface area contributed by atoms with Gasteiger partial charge >= 0.3 is 0 Å². The summed E-state index contributed by atoms with van der Waals surface area (Å²) in [4.78, 5) is 28.7. The minimum Gasteiger partial charge on any atom is -0.357 e. The minimum absolute atomic E-state index is 0.102. The van der Waals surface area contributed by atoms with Gasteiger partial charge in [0.2, 0.25) is 11.8 Å². The van der Waals surface area contributed by atoms with Crippen molar-refractivity contribution >= 4 is 23.5 Å². The maximum absolute atomic E-state index is 12.1. The molecule has 1 aromatic heterocycles. The number of hydrogen-bond acceptors (Lipinski definition) is 4. The van der Waals surface area contributed by atoms with Gasteiger partial charge in [0.1, 0.15) is 6.54 Å². The summed E-state index contributed by atoms with van der Waals surface area (Å²) in [5.41, 5.74) is 1.35. The molecular formula is C21H31N7O2. The predicted octanol–water partition coefficient (Wildman–Crippen LogP) is 1.49. The average Bonchev–Trinajstić information content (AvgIpc) is 3.15. The van der Waals surface area contributed by atoms with Crippen molar-refractivity contribution < 1.29 is 9.59 Å². The van der Waals surface area contributed by atoms with Gasteiger partial charge in [0.25, 0.3) is 0 Å². The molecule has 1 aromatic carbocycles. The van der Waals surface area contributed by atoms with Crippen molar-refractivity contribution in [3.63, 3.8) is 0 Å². The zero-order chi connectivity index (χ0) is 22.0. The Morgan fingerprint density at radius 2 is 1.93 bits per heavy atom. The number of nitrogens with one attached hydrogen (secondary N) is 4. The predicted molar refractivity (Wildman–Crippen MR) is 118 cm³/mol. The summed E-state index contributed by atoms with van der Waals surface area (Å²) in [6.45, 7) is 9.13. The fourth-order valence-corrected chi connectivity index (χ4v) is 2.63. The van der Waals surface area contributed by atoms with Gasteiger partial charge in [-0.15, -0.1) is 0 Å². The highest BCUT2D eigenvalue weighted by Crippen LogP contribution is 2.12. The van der Waals surface area contributed by atoms with E-state index in [9.17, 15) is 9.59 Å². The molecular weight excluding hydrogens is 382 g/mol. The first-order valence-corrected chi connectivity index (χ1v) is 9.94. The van der Waals surface area contributed by atoms with Crippen molar-refractivity contribution in [1.29, 1.82) is 0 Å². The zero-order valence-corrected chi connectivity index (χ0v) is 18.0. The van der Waals surface area contributed by atoms with E-state index in [4.69, 9.17) is 0 Å². The fourth-order valence-electron chi connectivity index (χ4n) is 2.63. The first-order valence-electron chi connectivity index (χ1n) is 9.94. The van der Waals surface area contributed by atoms with Crippen molar-refractivity contribution in [3.8, 4) is 0 Å². The summed E-state index contributed by atoms with van der Waals surface area (Å²) in [6.07, 6.45) is 3.37. The fraction of sp³-hybridized carbons (Fsp3) is 0.429. The molecule has 9 nitrogen and oxygen atoms in total. The lowest BCUT2D eigenvalue weighted by molar-refractivity contribution is -0.121. The number of amides is 2. The number of carbonyl (C=O) groups is 2. The van der Waals surface area contributed by atoms with Crippen LogP contribution in [0.1, 0.15) is 33.3 Å². The summed E-state index contributed by atoms with van der Waals surface area (Å²) in [6, 6.07) is 9.28. The summed E-state index contributed by atoms with van der Waals surface area (Å²) in [5.74, 6) is 0.295. The minimum atomic E-state index is -0.281. The SMILES string of the molecule is CCNC(=NCc1cccc(NC(=O)Cn2cccn2)c1)NCC(=O)NC(C)(C)C. The average molecular weight is 414 g/mol. The maximum atomic E-state index is 12.1. The number of aromatic nitrogens is 2. The van der Waals surface area contributed by atoms with Crippen LogP contribution in [-0.2, 0) is 22.7 Å². The largest absolute Gasteiger partial charge is 0.357 e. The molecule has 0 bridgehead atoms. The van der Waals surface area contributed by atoms with Crippen LogP contribution in [0, 0.1) is 0 Å². The van der Waals surface area contributed by atoms with Gasteiger partial charge in [0.15, 0.2) is 5.96 Å². The van der Waals surface area contributed by atoms with E-state index >= 15 is 0 Å². The van der Waals surface area contributed by atoms with E-state index in [0.717, 1.165) is 5.56 Å². The number of aliphatic imine (C=N–C) groups is 1. The first-order chi connectivity index (χ1) is 14.2. The van der Waals surface area contributed by atoms with Crippen LogP contribution in [0.2, 0.25) is 0 Å². The molecule has 2 aromatic rings. The Morgan fingerprint density at radius 1 is 1.13 bits per heavy atom. The van der Waals surface area contributed by atoms with Crippen LogP contribution >= 0.6 is 0 Å². The van der Waals surface area contributed by atoms with Crippen molar-refractivity contribution in [3.05, 3.63) is 48.3 Å². The smallest absolute Gasteiger partial charge is 0.246 e. The number of benzene rings is 1. The molecule has 1 heterocycles. The molecule has 0 aliphatic heterocycles. The number of guanidine groups is 1. The number of rotatable bonds is 8. The molecule has 2 rings (SSSR count). The van der Waals surface area contributed by atoms with E-state index in [0.29, 0.717) is 24.7 Å². The van der Waals surface area contributed by atoms with Crippen molar-refractivity contribution in [1.82, 2.24) is 25.7 Å². The summed E-state index contributed by atoms with van der Waals surface area (Å²) in [7, 11) is 0. The van der Waals surface area contributed by atoms with Crippen LogP contribution in [0.4, 0.5) is 5.69 Å². The first kappa shape index (κ1) is 22.9. The normalized spacial score (nSPS) is 11.7. The van der Waals surface area contributed by atoms with E-state index in [1.54, 1.807) is 23.1 Å². The van der Waals surface area contributed by atoms with Crippen molar-refractivity contribution in [2.75, 3.05) is 18.4 Å². The number of nitrogens with zero attached hydrogens (tertiary/aromatic N) is 3. The molecule has 0 atom stereocenters. The third kappa shape index (κ3) is 8.76. The number of hydrogen-bond donors (Lipinski definition) is 4. The second-order valence-corrected chi connectivity index (χ2v) is 7.80. The number of anilines is 1. The number of carbonyl (C=O) groups excluding carboxylic acids is 2. The Morgan fingerprint density at radius 3 is 2.60 bits per heavy atom. The molecule has 0 saturated carbocycles. The van der Waals surface area contributed by atoms with Crippen LogP contribution in [-0.4, -0.2) is 46.2 Å². The summed E-state index contributed by atoms with van der Waals surface area (Å²) < 4.78 is 1.56. The monoisotopic (exact) mass is 413 g/mol. The molecule has 0 saturated heterocycles. The van der Waals surface area contributed by atoms with Crippen LogP contribution in [0.3, 0.4) is 0 Å². The Hall–Kier alpha value is -3.36. The highest BCUT2D eigenvalue weighted by atomic mass is 16.2. The third-order valence-corrected chi connectivity index (χ3v) is 3.77. The second-order valence-electron chi connectivity index (χ2n) is 7.80. The van der Waals surface area contributed by atoms with E-state index in [2.05, 4.69) is 31.4 Å². The molecule has 2 amide bonds. The molecule has 0 aliphatic rings. The van der Waals surface area contributed by atoms with E-state index in [1.165, 1.54) is 0 Å². The van der Waals surface area contributed by atoms with Crippen molar-refractivity contribution in [2.45, 2.75) is 46.3 Å².